The van der Waals surface area contributed by atoms with E-state index in [4.69, 9.17) is 4.74 Å². The maximum Gasteiger partial charge on any atom is 0.169 e. The Bertz CT molecular complexity index is 513. The minimum absolute atomic E-state index is 0.277. The van der Waals surface area contributed by atoms with Gasteiger partial charge in [0.05, 0.1) is 7.11 Å². The zero-order valence-electron chi connectivity index (χ0n) is 11.2. The smallest absolute Gasteiger partial charge is 0.169 e. The molecule has 0 aliphatic heterocycles. The van der Waals surface area contributed by atoms with Gasteiger partial charge in [0.2, 0.25) is 0 Å². The summed E-state index contributed by atoms with van der Waals surface area (Å²) < 4.78 is 18.9. The van der Waals surface area contributed by atoms with Gasteiger partial charge in [-0.25, -0.2) is 4.39 Å². The van der Waals surface area contributed by atoms with Crippen molar-refractivity contribution < 1.29 is 9.13 Å². The molecular weight excluding hydrogens is 261 g/mol. The molecule has 2 aromatic rings. The van der Waals surface area contributed by atoms with E-state index in [1.807, 2.05) is 6.07 Å². The standard InChI is InChI=1S/C15H18FNOS/c1-11(9-13-6-4-8-19-13)17-10-12-5-3-7-14(18-2)15(12)16/h3-8,11,17H,9-10H2,1-2H3. The fourth-order valence-electron chi connectivity index (χ4n) is 1.94. The molecule has 0 radical (unpaired) electrons. The molecular formula is C15H18FNOS. The van der Waals surface area contributed by atoms with E-state index in [1.54, 1.807) is 23.5 Å². The summed E-state index contributed by atoms with van der Waals surface area (Å²) in [7, 11) is 1.48. The predicted molar refractivity (Wildman–Crippen MR) is 77.3 cm³/mol. The Kier molecular flexibility index (Phi) is 4.93. The first-order valence-corrected chi connectivity index (χ1v) is 7.16. The van der Waals surface area contributed by atoms with Crippen LogP contribution in [0.1, 0.15) is 17.4 Å². The quantitative estimate of drug-likeness (QED) is 0.872. The molecule has 102 valence electrons. The van der Waals surface area contributed by atoms with E-state index in [9.17, 15) is 4.39 Å². The number of methoxy groups -OCH3 is 1. The van der Waals surface area contributed by atoms with Gasteiger partial charge >= 0.3 is 0 Å². The molecule has 2 rings (SSSR count). The largest absolute Gasteiger partial charge is 0.494 e. The zero-order chi connectivity index (χ0) is 13.7. The van der Waals surface area contributed by atoms with Crippen molar-refractivity contribution in [3.05, 3.63) is 52.0 Å². The van der Waals surface area contributed by atoms with Crippen LogP contribution in [0.5, 0.6) is 5.75 Å². The number of halogens is 1. The molecule has 0 saturated carbocycles. The van der Waals surface area contributed by atoms with Crippen LogP contribution in [0.2, 0.25) is 0 Å². The number of hydrogen-bond acceptors (Lipinski definition) is 3. The highest BCUT2D eigenvalue weighted by molar-refractivity contribution is 7.09. The molecule has 0 aliphatic rings. The normalized spacial score (nSPS) is 12.4. The van der Waals surface area contributed by atoms with Gasteiger partial charge in [-0.2, -0.15) is 0 Å². The second-order valence-electron chi connectivity index (χ2n) is 4.50. The number of ether oxygens (including phenoxy) is 1. The van der Waals surface area contributed by atoms with E-state index in [0.29, 0.717) is 23.9 Å². The molecule has 1 unspecified atom stereocenters. The minimum atomic E-state index is -0.277. The van der Waals surface area contributed by atoms with Gasteiger partial charge in [-0.1, -0.05) is 18.2 Å². The first kappa shape index (κ1) is 14.0. The van der Waals surface area contributed by atoms with Crippen molar-refractivity contribution in [2.24, 2.45) is 0 Å². The maximum atomic E-state index is 13.9. The van der Waals surface area contributed by atoms with Crippen molar-refractivity contribution in [1.29, 1.82) is 0 Å². The van der Waals surface area contributed by atoms with Crippen LogP contribution in [0.4, 0.5) is 4.39 Å². The number of thiophene rings is 1. The lowest BCUT2D eigenvalue weighted by molar-refractivity contribution is 0.382. The van der Waals surface area contributed by atoms with Crippen molar-refractivity contribution in [2.75, 3.05) is 7.11 Å². The molecule has 4 heteroatoms. The van der Waals surface area contributed by atoms with Crippen molar-refractivity contribution in [3.63, 3.8) is 0 Å². The second-order valence-corrected chi connectivity index (χ2v) is 5.53. The van der Waals surface area contributed by atoms with Gasteiger partial charge in [0.15, 0.2) is 11.6 Å². The van der Waals surface area contributed by atoms with E-state index < -0.39 is 0 Å². The Morgan fingerprint density at radius 1 is 1.32 bits per heavy atom. The molecule has 2 nitrogen and oxygen atoms in total. The van der Waals surface area contributed by atoms with Crippen LogP contribution in [0.3, 0.4) is 0 Å². The summed E-state index contributed by atoms with van der Waals surface area (Å²) in [4.78, 5) is 1.34. The van der Waals surface area contributed by atoms with Crippen LogP contribution in [-0.4, -0.2) is 13.2 Å². The van der Waals surface area contributed by atoms with Crippen LogP contribution in [0.15, 0.2) is 35.7 Å². The minimum Gasteiger partial charge on any atom is -0.494 e. The number of nitrogens with one attached hydrogen (secondary N) is 1. The van der Waals surface area contributed by atoms with Crippen molar-refractivity contribution in [2.45, 2.75) is 25.9 Å². The molecule has 1 aromatic heterocycles. The maximum absolute atomic E-state index is 13.9. The topological polar surface area (TPSA) is 21.3 Å². The van der Waals surface area contributed by atoms with Crippen LogP contribution < -0.4 is 10.1 Å². The highest BCUT2D eigenvalue weighted by Crippen LogP contribution is 2.20. The Balaban J connectivity index is 1.91. The molecule has 0 spiro atoms. The summed E-state index contributed by atoms with van der Waals surface area (Å²) in [5.74, 6) is 0.0195. The monoisotopic (exact) mass is 279 g/mol. The summed E-state index contributed by atoms with van der Waals surface area (Å²) in [6.07, 6.45) is 0.962. The van der Waals surface area contributed by atoms with Crippen molar-refractivity contribution in [3.8, 4) is 5.75 Å². The van der Waals surface area contributed by atoms with Gasteiger partial charge in [0, 0.05) is 23.0 Å². The van der Waals surface area contributed by atoms with Crippen LogP contribution in [0.25, 0.3) is 0 Å². The molecule has 19 heavy (non-hydrogen) atoms. The molecule has 0 fully saturated rings. The average Bonchev–Trinajstić information content (AvgIpc) is 2.90. The SMILES string of the molecule is COc1cccc(CNC(C)Cc2cccs2)c1F. The fourth-order valence-corrected chi connectivity index (χ4v) is 2.77. The third-order valence-electron chi connectivity index (χ3n) is 2.99. The summed E-state index contributed by atoms with van der Waals surface area (Å²) in [5, 5.41) is 5.41. The molecule has 1 aromatic carbocycles. The number of benzene rings is 1. The Morgan fingerprint density at radius 3 is 2.84 bits per heavy atom. The summed E-state index contributed by atoms with van der Waals surface area (Å²) >= 11 is 1.75. The lowest BCUT2D eigenvalue weighted by Gasteiger charge is -2.14. The summed E-state index contributed by atoms with van der Waals surface area (Å²) in [5.41, 5.74) is 0.636. The van der Waals surface area contributed by atoms with Crippen LogP contribution in [-0.2, 0) is 13.0 Å². The van der Waals surface area contributed by atoms with Gasteiger partial charge in [-0.15, -0.1) is 11.3 Å². The van der Waals surface area contributed by atoms with Crippen molar-refractivity contribution in [1.82, 2.24) is 5.32 Å². The second kappa shape index (κ2) is 6.68. The third kappa shape index (κ3) is 3.78. The van der Waals surface area contributed by atoms with E-state index >= 15 is 0 Å². The van der Waals surface area contributed by atoms with E-state index in [2.05, 4.69) is 29.8 Å². The Hall–Kier alpha value is -1.39. The molecule has 0 bridgehead atoms. The highest BCUT2D eigenvalue weighted by atomic mass is 32.1. The lowest BCUT2D eigenvalue weighted by Crippen LogP contribution is -2.27. The molecule has 1 atom stereocenters. The van der Waals surface area contributed by atoms with Gasteiger partial charge in [-0.3, -0.25) is 0 Å². The lowest BCUT2D eigenvalue weighted by atomic mass is 10.1. The molecule has 0 amide bonds. The Labute approximate surface area is 117 Å². The molecule has 0 aliphatic carbocycles. The third-order valence-corrected chi connectivity index (χ3v) is 3.89. The van der Waals surface area contributed by atoms with E-state index in [1.165, 1.54) is 12.0 Å². The molecule has 1 N–H and O–H groups in total. The van der Waals surface area contributed by atoms with Gasteiger partial charge in [-0.05, 0) is 30.9 Å². The number of rotatable bonds is 6. The van der Waals surface area contributed by atoms with Crippen LogP contribution in [0, 0.1) is 5.82 Å². The van der Waals surface area contributed by atoms with Gasteiger partial charge in [0.25, 0.3) is 0 Å². The van der Waals surface area contributed by atoms with E-state index in [-0.39, 0.29) is 5.82 Å². The fraction of sp³-hybridized carbons (Fsp3) is 0.333. The van der Waals surface area contributed by atoms with Gasteiger partial charge in [0.1, 0.15) is 0 Å². The van der Waals surface area contributed by atoms with Crippen LogP contribution >= 0.6 is 11.3 Å². The zero-order valence-corrected chi connectivity index (χ0v) is 12.0. The number of hydrogen-bond donors (Lipinski definition) is 1. The highest BCUT2D eigenvalue weighted by Gasteiger charge is 2.10. The Morgan fingerprint density at radius 2 is 2.16 bits per heavy atom. The summed E-state index contributed by atoms with van der Waals surface area (Å²) in [6, 6.07) is 9.70. The predicted octanol–water partition coefficient (Wildman–Crippen LogP) is 3.62. The first-order chi connectivity index (χ1) is 9.20. The van der Waals surface area contributed by atoms with E-state index in [0.717, 1.165) is 6.42 Å². The first-order valence-electron chi connectivity index (χ1n) is 6.28. The molecule has 0 saturated heterocycles. The average molecular weight is 279 g/mol. The molecule has 1 heterocycles. The van der Waals surface area contributed by atoms with Gasteiger partial charge < -0.3 is 10.1 Å². The summed E-state index contributed by atoms with van der Waals surface area (Å²) in [6.45, 7) is 2.62. The van der Waals surface area contributed by atoms with Crippen molar-refractivity contribution >= 4 is 11.3 Å².